The van der Waals surface area contributed by atoms with Gasteiger partial charge in [0.05, 0.1) is 0 Å². The Morgan fingerprint density at radius 3 is 2.56 bits per heavy atom. The molecule has 16 heavy (non-hydrogen) atoms. The van der Waals surface area contributed by atoms with E-state index in [-0.39, 0.29) is 12.4 Å². The molecule has 0 aromatic carbocycles. The van der Waals surface area contributed by atoms with Crippen LogP contribution >= 0.6 is 0 Å². The topological polar surface area (TPSA) is 42.2 Å². The van der Waals surface area contributed by atoms with E-state index < -0.39 is 0 Å². The molecule has 1 rings (SSSR count). The molecule has 0 radical (unpaired) electrons. The van der Waals surface area contributed by atoms with E-state index in [2.05, 4.69) is 18.8 Å². The van der Waals surface area contributed by atoms with Crippen molar-refractivity contribution in [2.75, 3.05) is 11.9 Å². The van der Waals surface area contributed by atoms with Crippen LogP contribution in [-0.2, 0) is 6.54 Å². The van der Waals surface area contributed by atoms with Crippen molar-refractivity contribution < 1.29 is 4.39 Å². The number of nitrogens with two attached hydrogens (primary N) is 1. The van der Waals surface area contributed by atoms with Crippen LogP contribution in [0.3, 0.4) is 0 Å². The van der Waals surface area contributed by atoms with Gasteiger partial charge < -0.3 is 10.6 Å². The maximum Gasteiger partial charge on any atom is 0.170 e. The number of anilines is 1. The van der Waals surface area contributed by atoms with Crippen LogP contribution in [0.4, 0.5) is 10.2 Å². The van der Waals surface area contributed by atoms with Crippen molar-refractivity contribution in [2.45, 2.75) is 39.3 Å². The zero-order chi connectivity index (χ0) is 12.1. The molecule has 1 heterocycles. The summed E-state index contributed by atoms with van der Waals surface area (Å²) in [6.07, 6.45) is 3.56. The SMILES string of the molecule is CCC(CC)N(C)c1nccc(CN)c1F. The van der Waals surface area contributed by atoms with Gasteiger partial charge in [0, 0.05) is 31.4 Å². The second-order valence-electron chi connectivity index (χ2n) is 3.89. The average Bonchev–Trinajstić information content (AvgIpc) is 2.30. The van der Waals surface area contributed by atoms with Crippen molar-refractivity contribution in [1.29, 1.82) is 0 Å². The Kier molecular flexibility index (Phi) is 4.68. The van der Waals surface area contributed by atoms with Crippen LogP contribution in [0.2, 0.25) is 0 Å². The monoisotopic (exact) mass is 225 g/mol. The van der Waals surface area contributed by atoms with E-state index in [9.17, 15) is 4.39 Å². The zero-order valence-electron chi connectivity index (χ0n) is 10.2. The van der Waals surface area contributed by atoms with E-state index >= 15 is 0 Å². The van der Waals surface area contributed by atoms with Crippen molar-refractivity contribution in [2.24, 2.45) is 5.73 Å². The fourth-order valence-corrected chi connectivity index (χ4v) is 1.88. The fourth-order valence-electron chi connectivity index (χ4n) is 1.88. The van der Waals surface area contributed by atoms with Crippen LogP contribution in [0.25, 0.3) is 0 Å². The number of hydrogen-bond acceptors (Lipinski definition) is 3. The molecule has 0 amide bonds. The second kappa shape index (κ2) is 5.80. The molecular formula is C12H20FN3. The first-order valence-corrected chi connectivity index (χ1v) is 5.71. The number of hydrogen-bond donors (Lipinski definition) is 1. The molecule has 1 aromatic heterocycles. The summed E-state index contributed by atoms with van der Waals surface area (Å²) < 4.78 is 14.0. The van der Waals surface area contributed by atoms with Gasteiger partial charge in [0.25, 0.3) is 0 Å². The first-order valence-electron chi connectivity index (χ1n) is 5.71. The predicted molar refractivity (Wildman–Crippen MR) is 64.9 cm³/mol. The van der Waals surface area contributed by atoms with E-state index in [1.54, 1.807) is 12.3 Å². The van der Waals surface area contributed by atoms with Gasteiger partial charge in [0.1, 0.15) is 0 Å². The van der Waals surface area contributed by atoms with Crippen molar-refractivity contribution in [3.05, 3.63) is 23.6 Å². The Morgan fingerprint density at radius 1 is 1.44 bits per heavy atom. The molecule has 0 atom stereocenters. The van der Waals surface area contributed by atoms with Gasteiger partial charge in [-0.05, 0) is 18.9 Å². The highest BCUT2D eigenvalue weighted by molar-refractivity contribution is 5.43. The molecule has 0 aliphatic carbocycles. The highest BCUT2D eigenvalue weighted by atomic mass is 19.1. The molecule has 3 nitrogen and oxygen atoms in total. The molecule has 0 saturated heterocycles. The van der Waals surface area contributed by atoms with Gasteiger partial charge in [-0.25, -0.2) is 9.37 Å². The van der Waals surface area contributed by atoms with Gasteiger partial charge in [-0.1, -0.05) is 13.8 Å². The quantitative estimate of drug-likeness (QED) is 0.836. The standard InChI is InChI=1S/C12H20FN3/c1-4-10(5-2)16(3)12-11(13)9(8-14)6-7-15-12/h6-7,10H,4-5,8,14H2,1-3H3. The molecule has 0 saturated carbocycles. The van der Waals surface area contributed by atoms with Gasteiger partial charge >= 0.3 is 0 Å². The minimum absolute atomic E-state index is 0.206. The zero-order valence-corrected chi connectivity index (χ0v) is 10.2. The number of halogens is 1. The maximum atomic E-state index is 14.0. The Balaban J connectivity index is 3.03. The maximum absolute atomic E-state index is 14.0. The van der Waals surface area contributed by atoms with Crippen molar-refractivity contribution >= 4 is 5.82 Å². The molecule has 4 heteroatoms. The molecule has 0 aliphatic rings. The fraction of sp³-hybridized carbons (Fsp3) is 0.583. The molecule has 0 unspecified atom stereocenters. The van der Waals surface area contributed by atoms with Crippen molar-refractivity contribution in [3.8, 4) is 0 Å². The number of pyridine rings is 1. The summed E-state index contributed by atoms with van der Waals surface area (Å²) in [6.45, 7) is 4.39. The van der Waals surface area contributed by atoms with Crippen LogP contribution in [0.5, 0.6) is 0 Å². The molecule has 0 fully saturated rings. The minimum Gasteiger partial charge on any atom is -0.354 e. The summed E-state index contributed by atoms with van der Waals surface area (Å²) in [4.78, 5) is 6.00. The Labute approximate surface area is 96.5 Å². The summed E-state index contributed by atoms with van der Waals surface area (Å²) in [5, 5.41) is 0. The first-order chi connectivity index (χ1) is 7.65. The molecule has 90 valence electrons. The minimum atomic E-state index is -0.292. The molecule has 0 aliphatic heterocycles. The smallest absolute Gasteiger partial charge is 0.170 e. The number of nitrogens with zero attached hydrogens (tertiary/aromatic N) is 2. The molecular weight excluding hydrogens is 205 g/mol. The summed E-state index contributed by atoms with van der Waals surface area (Å²) in [6, 6.07) is 1.94. The Morgan fingerprint density at radius 2 is 2.06 bits per heavy atom. The molecule has 0 bridgehead atoms. The average molecular weight is 225 g/mol. The van der Waals surface area contributed by atoms with Gasteiger partial charge in [0.2, 0.25) is 0 Å². The summed E-state index contributed by atoms with van der Waals surface area (Å²) in [5.41, 5.74) is 5.99. The third-order valence-electron chi connectivity index (χ3n) is 3.00. The lowest BCUT2D eigenvalue weighted by Crippen LogP contribution is -2.32. The van der Waals surface area contributed by atoms with Gasteiger partial charge in [-0.15, -0.1) is 0 Å². The van der Waals surface area contributed by atoms with E-state index in [4.69, 9.17) is 5.73 Å². The van der Waals surface area contributed by atoms with Crippen LogP contribution < -0.4 is 10.6 Å². The van der Waals surface area contributed by atoms with Gasteiger partial charge in [0.15, 0.2) is 11.6 Å². The summed E-state index contributed by atoms with van der Waals surface area (Å²) in [5.74, 6) is 0.107. The highest BCUT2D eigenvalue weighted by Gasteiger charge is 2.17. The van der Waals surface area contributed by atoms with E-state index in [1.165, 1.54) is 0 Å². The number of aromatic nitrogens is 1. The van der Waals surface area contributed by atoms with E-state index in [1.807, 2.05) is 11.9 Å². The van der Waals surface area contributed by atoms with Crippen LogP contribution in [0.15, 0.2) is 12.3 Å². The van der Waals surface area contributed by atoms with Gasteiger partial charge in [-0.2, -0.15) is 0 Å². The number of rotatable bonds is 5. The van der Waals surface area contributed by atoms with Crippen molar-refractivity contribution in [3.63, 3.8) is 0 Å². The lowest BCUT2D eigenvalue weighted by molar-refractivity contribution is 0.552. The largest absolute Gasteiger partial charge is 0.354 e. The van der Waals surface area contributed by atoms with E-state index in [0.717, 1.165) is 12.8 Å². The van der Waals surface area contributed by atoms with Crippen molar-refractivity contribution in [1.82, 2.24) is 4.98 Å². The second-order valence-corrected chi connectivity index (χ2v) is 3.89. The normalized spacial score (nSPS) is 10.9. The Bertz CT molecular complexity index is 337. The summed E-state index contributed by atoms with van der Waals surface area (Å²) in [7, 11) is 1.88. The van der Waals surface area contributed by atoms with E-state index in [0.29, 0.717) is 17.4 Å². The van der Waals surface area contributed by atoms with Crippen LogP contribution in [0.1, 0.15) is 32.3 Å². The lowest BCUT2D eigenvalue weighted by atomic mass is 10.1. The Hall–Kier alpha value is -1.16. The highest BCUT2D eigenvalue weighted by Crippen LogP contribution is 2.21. The van der Waals surface area contributed by atoms with Gasteiger partial charge in [-0.3, -0.25) is 0 Å². The van der Waals surface area contributed by atoms with Crippen LogP contribution in [-0.4, -0.2) is 18.1 Å². The predicted octanol–water partition coefficient (Wildman–Crippen LogP) is 2.30. The molecule has 0 spiro atoms. The van der Waals surface area contributed by atoms with Crippen LogP contribution in [0, 0.1) is 5.82 Å². The summed E-state index contributed by atoms with van der Waals surface area (Å²) >= 11 is 0. The lowest BCUT2D eigenvalue weighted by Gasteiger charge is -2.27. The third kappa shape index (κ3) is 2.50. The molecule has 1 aromatic rings. The third-order valence-corrected chi connectivity index (χ3v) is 3.00. The molecule has 2 N–H and O–H groups in total. The first kappa shape index (κ1) is 12.9.